The molecule has 1 fully saturated rings. The van der Waals surface area contributed by atoms with Crippen LogP contribution in [-0.2, 0) is 54.3 Å². The lowest BCUT2D eigenvalue weighted by Crippen LogP contribution is -2.40. The van der Waals surface area contributed by atoms with Gasteiger partial charge in [-0.3, -0.25) is 19.3 Å². The number of nitrogens with one attached hydrogen (secondary N) is 2. The molecule has 308 valence electrons. The third kappa shape index (κ3) is 8.49. The molecule has 2 N–H and O–H groups in total. The average molecular weight is 813 g/mol. The maximum atomic E-state index is 13.8. The minimum absolute atomic E-state index is 0.00873. The standard InChI is InChI=1S/C43H53ClN8O6/c1-25-28(10-8-12-30(25)47-39(53)37-46-33-24-52(21-19-35(33)50(37)6)42(56)58-43(2,3)4)29-11-9-13-31(36(29)44)48-40(54)38-45-32-23-51(20-18-34(32)49(38)5)22-26-14-16-27(17-15-26)41(55)57-7/h8-13,26-27H,14-24H2,1-7H3,(H,47,53)(H,48,54)/t26-,27+. The van der Waals surface area contributed by atoms with Gasteiger partial charge in [0.15, 0.2) is 11.6 Å². The van der Waals surface area contributed by atoms with Gasteiger partial charge < -0.3 is 34.1 Å². The molecule has 2 aromatic carbocycles. The van der Waals surface area contributed by atoms with Gasteiger partial charge in [0.2, 0.25) is 0 Å². The molecule has 15 heteroatoms. The number of benzene rings is 2. The molecule has 7 rings (SSSR count). The van der Waals surface area contributed by atoms with E-state index in [1.54, 1.807) is 15.5 Å². The van der Waals surface area contributed by atoms with E-state index in [1.165, 1.54) is 7.11 Å². The van der Waals surface area contributed by atoms with Crippen molar-refractivity contribution < 1.29 is 28.7 Å². The molecule has 0 bridgehead atoms. The second kappa shape index (κ2) is 16.6. The number of carbonyl (C=O) groups excluding carboxylic acids is 4. The zero-order valence-corrected chi connectivity index (χ0v) is 35.2. The molecule has 0 spiro atoms. The first-order valence-corrected chi connectivity index (χ1v) is 20.4. The van der Waals surface area contributed by atoms with E-state index >= 15 is 0 Å². The maximum Gasteiger partial charge on any atom is 0.410 e. The maximum absolute atomic E-state index is 13.8. The minimum atomic E-state index is -0.613. The number of esters is 1. The van der Waals surface area contributed by atoms with Crippen molar-refractivity contribution >= 4 is 46.9 Å². The molecule has 0 saturated heterocycles. The van der Waals surface area contributed by atoms with Crippen molar-refractivity contribution in [2.75, 3.05) is 37.4 Å². The molecule has 1 aliphatic carbocycles. The lowest BCUT2D eigenvalue weighted by atomic mass is 9.81. The molecule has 2 aromatic heterocycles. The summed E-state index contributed by atoms with van der Waals surface area (Å²) in [6.45, 7) is 10.6. The Morgan fingerprint density at radius 3 is 2.00 bits per heavy atom. The molecule has 0 unspecified atom stereocenters. The number of aromatic nitrogens is 4. The normalized spacial score (nSPS) is 18.2. The van der Waals surface area contributed by atoms with Crippen LogP contribution in [0.1, 0.15) is 96.0 Å². The molecular formula is C43H53ClN8O6. The number of hydrogen-bond acceptors (Lipinski definition) is 9. The van der Waals surface area contributed by atoms with Crippen LogP contribution in [-0.4, -0.2) is 85.1 Å². The number of methoxy groups -OCH3 is 1. The van der Waals surface area contributed by atoms with Crippen LogP contribution in [0, 0.1) is 18.8 Å². The summed E-state index contributed by atoms with van der Waals surface area (Å²) in [5.74, 6) is 0.263. The fourth-order valence-corrected chi connectivity index (χ4v) is 8.80. The fraction of sp³-hybridized carbons (Fsp3) is 0.488. The van der Waals surface area contributed by atoms with Crippen molar-refractivity contribution in [3.63, 3.8) is 0 Å². The molecule has 14 nitrogen and oxygen atoms in total. The van der Waals surface area contributed by atoms with Crippen LogP contribution in [0.3, 0.4) is 0 Å². The number of nitrogens with zero attached hydrogens (tertiary/aromatic N) is 6. The smallest absolute Gasteiger partial charge is 0.410 e. The number of ether oxygens (including phenoxy) is 2. The van der Waals surface area contributed by atoms with Gasteiger partial charge >= 0.3 is 12.1 Å². The summed E-state index contributed by atoms with van der Waals surface area (Å²) >= 11 is 7.02. The summed E-state index contributed by atoms with van der Waals surface area (Å²) in [5.41, 5.74) is 6.22. The van der Waals surface area contributed by atoms with E-state index in [4.69, 9.17) is 26.1 Å². The number of fused-ring (bicyclic) bond motifs is 2. The zero-order chi connectivity index (χ0) is 41.5. The van der Waals surface area contributed by atoms with Gasteiger partial charge in [-0.1, -0.05) is 35.9 Å². The van der Waals surface area contributed by atoms with E-state index in [-0.39, 0.29) is 36.1 Å². The van der Waals surface area contributed by atoms with Crippen LogP contribution in [0.25, 0.3) is 11.1 Å². The van der Waals surface area contributed by atoms with Crippen LogP contribution >= 0.6 is 11.6 Å². The highest BCUT2D eigenvalue weighted by molar-refractivity contribution is 6.36. The fourth-order valence-electron chi connectivity index (χ4n) is 8.52. The number of carbonyl (C=O) groups is 4. The van der Waals surface area contributed by atoms with Crippen molar-refractivity contribution in [1.29, 1.82) is 0 Å². The first kappa shape index (κ1) is 41.0. The van der Waals surface area contributed by atoms with Crippen molar-refractivity contribution in [3.05, 3.63) is 81.4 Å². The van der Waals surface area contributed by atoms with Crippen molar-refractivity contribution in [3.8, 4) is 11.1 Å². The van der Waals surface area contributed by atoms with E-state index in [1.807, 2.05) is 76.7 Å². The number of amides is 3. The zero-order valence-electron chi connectivity index (χ0n) is 34.4. The quantitative estimate of drug-likeness (QED) is 0.181. The number of imidazole rings is 2. The van der Waals surface area contributed by atoms with Crippen LogP contribution < -0.4 is 10.6 Å². The topological polar surface area (TPSA) is 153 Å². The summed E-state index contributed by atoms with van der Waals surface area (Å²) in [6.07, 6.45) is 4.67. The second-order valence-electron chi connectivity index (χ2n) is 16.7. The Morgan fingerprint density at radius 2 is 1.38 bits per heavy atom. The van der Waals surface area contributed by atoms with Crippen LogP contribution in [0.2, 0.25) is 5.02 Å². The Balaban J connectivity index is 1.01. The summed E-state index contributed by atoms with van der Waals surface area (Å²) < 4.78 is 14.2. The molecular weight excluding hydrogens is 760 g/mol. The summed E-state index contributed by atoms with van der Waals surface area (Å²) in [6, 6.07) is 11.1. The molecule has 0 atom stereocenters. The van der Waals surface area contributed by atoms with E-state index < -0.39 is 11.7 Å². The highest BCUT2D eigenvalue weighted by Gasteiger charge is 2.32. The van der Waals surface area contributed by atoms with E-state index in [0.29, 0.717) is 58.9 Å². The van der Waals surface area contributed by atoms with Crippen LogP contribution in [0.15, 0.2) is 36.4 Å². The molecule has 3 aliphatic rings. The largest absolute Gasteiger partial charge is 0.469 e. The van der Waals surface area contributed by atoms with Gasteiger partial charge in [0, 0.05) is 75.8 Å². The lowest BCUT2D eigenvalue weighted by Gasteiger charge is -2.33. The van der Waals surface area contributed by atoms with Gasteiger partial charge in [-0.05, 0) is 82.6 Å². The van der Waals surface area contributed by atoms with Crippen molar-refractivity contribution in [2.24, 2.45) is 25.9 Å². The Bertz CT molecular complexity index is 2250. The van der Waals surface area contributed by atoms with Gasteiger partial charge in [-0.25, -0.2) is 14.8 Å². The van der Waals surface area contributed by atoms with Crippen molar-refractivity contribution in [2.45, 2.75) is 84.9 Å². The number of rotatable bonds is 8. The summed E-state index contributed by atoms with van der Waals surface area (Å²) in [4.78, 5) is 65.6. The van der Waals surface area contributed by atoms with Gasteiger partial charge in [-0.15, -0.1) is 0 Å². The predicted molar refractivity (Wildman–Crippen MR) is 221 cm³/mol. The molecule has 1 saturated carbocycles. The average Bonchev–Trinajstić information content (AvgIpc) is 3.71. The number of anilines is 2. The van der Waals surface area contributed by atoms with E-state index in [2.05, 4.69) is 20.5 Å². The predicted octanol–water partition coefficient (Wildman–Crippen LogP) is 6.92. The SMILES string of the molecule is COC(=O)[C@H]1CC[C@@H](CN2CCc3c(nc(C(=O)Nc4cccc(-c5cccc(NC(=O)c6nc7c(n6C)CCN(C(=O)OC(C)(C)C)C7)c5C)c4Cl)n3C)C2)CC1. The van der Waals surface area contributed by atoms with E-state index in [9.17, 15) is 19.2 Å². The molecule has 58 heavy (non-hydrogen) atoms. The highest BCUT2D eigenvalue weighted by atomic mass is 35.5. The molecule has 4 heterocycles. The van der Waals surface area contributed by atoms with E-state index in [0.717, 1.165) is 73.4 Å². The number of halogens is 1. The third-order valence-corrected chi connectivity index (χ3v) is 12.1. The van der Waals surface area contributed by atoms with Crippen molar-refractivity contribution in [1.82, 2.24) is 28.9 Å². The highest BCUT2D eigenvalue weighted by Crippen LogP contribution is 2.38. The molecule has 0 radical (unpaired) electrons. The Hall–Kier alpha value is -5.21. The molecule has 4 aromatic rings. The second-order valence-corrected chi connectivity index (χ2v) is 17.1. The molecule has 2 aliphatic heterocycles. The van der Waals surface area contributed by atoms with Gasteiger partial charge in [0.1, 0.15) is 5.60 Å². The van der Waals surface area contributed by atoms with Gasteiger partial charge in [-0.2, -0.15) is 0 Å². The first-order valence-electron chi connectivity index (χ1n) is 20.0. The summed E-state index contributed by atoms with van der Waals surface area (Å²) in [5, 5.41) is 6.39. The minimum Gasteiger partial charge on any atom is -0.469 e. The Morgan fingerprint density at radius 1 is 0.810 bits per heavy atom. The Kier molecular flexibility index (Phi) is 11.7. The monoisotopic (exact) mass is 812 g/mol. The first-order chi connectivity index (χ1) is 27.6. The Labute approximate surface area is 344 Å². The van der Waals surface area contributed by atoms with Crippen LogP contribution in [0.5, 0.6) is 0 Å². The van der Waals surface area contributed by atoms with Crippen LogP contribution in [0.4, 0.5) is 16.2 Å². The summed E-state index contributed by atoms with van der Waals surface area (Å²) in [7, 11) is 5.15. The van der Waals surface area contributed by atoms with Gasteiger partial charge in [0.05, 0.1) is 41.7 Å². The van der Waals surface area contributed by atoms with Gasteiger partial charge in [0.25, 0.3) is 11.8 Å². The number of hydrogen-bond donors (Lipinski definition) is 2. The lowest BCUT2D eigenvalue weighted by molar-refractivity contribution is -0.146. The third-order valence-electron chi connectivity index (χ3n) is 11.7. The molecule has 3 amide bonds.